The second-order valence-corrected chi connectivity index (χ2v) is 8.18. The Morgan fingerprint density at radius 2 is 1.90 bits per heavy atom. The van der Waals surface area contributed by atoms with Gasteiger partial charge in [-0.2, -0.15) is 0 Å². The zero-order chi connectivity index (χ0) is 20.6. The van der Waals surface area contributed by atoms with E-state index in [0.717, 1.165) is 60.8 Å². The smallest absolute Gasteiger partial charge is 0.231 e. The Hall–Kier alpha value is -3.39. The van der Waals surface area contributed by atoms with Crippen LogP contribution in [0.15, 0.2) is 54.9 Å². The highest BCUT2D eigenvalue weighted by Crippen LogP contribution is 2.37. The van der Waals surface area contributed by atoms with Crippen LogP contribution in [0.4, 0.5) is 0 Å². The van der Waals surface area contributed by atoms with Gasteiger partial charge < -0.3 is 14.0 Å². The molecule has 8 heteroatoms. The van der Waals surface area contributed by atoms with Gasteiger partial charge >= 0.3 is 0 Å². The lowest BCUT2D eigenvalue weighted by atomic mass is 9.95. The van der Waals surface area contributed by atoms with E-state index >= 15 is 0 Å². The molecule has 4 aromatic rings. The third-order valence-electron chi connectivity index (χ3n) is 6.28. The van der Waals surface area contributed by atoms with Crippen molar-refractivity contribution in [1.29, 1.82) is 0 Å². The molecular formula is C23H24N6O2. The Kier molecular flexibility index (Phi) is 4.57. The molecule has 158 valence electrons. The molecule has 0 unspecified atom stereocenters. The van der Waals surface area contributed by atoms with Crippen LogP contribution in [0, 0.1) is 0 Å². The molecule has 2 aliphatic heterocycles. The van der Waals surface area contributed by atoms with E-state index in [0.29, 0.717) is 19.4 Å². The summed E-state index contributed by atoms with van der Waals surface area (Å²) in [6.45, 7) is 3.91. The maximum absolute atomic E-state index is 5.67. The van der Waals surface area contributed by atoms with Crippen LogP contribution in [0.2, 0.25) is 0 Å². The fourth-order valence-electron chi connectivity index (χ4n) is 4.67. The number of hydrogen-bond acceptors (Lipinski definition) is 6. The molecule has 0 amide bonds. The second-order valence-electron chi connectivity index (χ2n) is 8.18. The maximum atomic E-state index is 5.67. The summed E-state index contributed by atoms with van der Waals surface area (Å²) in [6, 6.07) is 14.2. The van der Waals surface area contributed by atoms with E-state index in [2.05, 4.69) is 31.9 Å². The molecule has 31 heavy (non-hydrogen) atoms. The summed E-state index contributed by atoms with van der Waals surface area (Å²) in [5.74, 6) is 3.34. The highest BCUT2D eigenvalue weighted by molar-refractivity contribution is 5.73. The van der Waals surface area contributed by atoms with Crippen molar-refractivity contribution < 1.29 is 9.47 Å². The van der Waals surface area contributed by atoms with Crippen LogP contribution in [0.5, 0.6) is 11.5 Å². The van der Waals surface area contributed by atoms with Crippen LogP contribution in [0.25, 0.3) is 11.0 Å². The summed E-state index contributed by atoms with van der Waals surface area (Å²) in [5.41, 5.74) is 3.16. The predicted octanol–water partition coefficient (Wildman–Crippen LogP) is 3.24. The van der Waals surface area contributed by atoms with Gasteiger partial charge in [0.25, 0.3) is 0 Å². The zero-order valence-corrected chi connectivity index (χ0v) is 17.2. The van der Waals surface area contributed by atoms with Crippen molar-refractivity contribution >= 4 is 11.0 Å². The molecule has 0 radical (unpaired) electrons. The molecule has 0 N–H and O–H groups in total. The van der Waals surface area contributed by atoms with Crippen molar-refractivity contribution in [1.82, 2.24) is 29.4 Å². The molecule has 0 aliphatic carbocycles. The van der Waals surface area contributed by atoms with Gasteiger partial charge in [0, 0.05) is 30.4 Å². The Morgan fingerprint density at radius 3 is 2.84 bits per heavy atom. The van der Waals surface area contributed by atoms with Crippen molar-refractivity contribution in [3.63, 3.8) is 0 Å². The SMILES string of the molecule is c1cc(CN2CCC(c3nccn3Cn3nnc4ccccc43)CC2)c2c(c1)OCO2. The van der Waals surface area contributed by atoms with Gasteiger partial charge in [-0.1, -0.05) is 29.5 Å². The lowest BCUT2D eigenvalue weighted by molar-refractivity contribution is 0.169. The van der Waals surface area contributed by atoms with Crippen LogP contribution < -0.4 is 9.47 Å². The number of piperidine rings is 1. The highest BCUT2D eigenvalue weighted by atomic mass is 16.7. The van der Waals surface area contributed by atoms with Crippen LogP contribution in [-0.2, 0) is 13.2 Å². The summed E-state index contributed by atoms with van der Waals surface area (Å²) in [4.78, 5) is 7.20. The number of likely N-dealkylation sites (tertiary alicyclic amines) is 1. The zero-order valence-electron chi connectivity index (χ0n) is 17.2. The third-order valence-corrected chi connectivity index (χ3v) is 6.28. The van der Waals surface area contributed by atoms with Gasteiger partial charge in [-0.05, 0) is 44.1 Å². The van der Waals surface area contributed by atoms with Crippen molar-refractivity contribution in [3.8, 4) is 11.5 Å². The van der Waals surface area contributed by atoms with Gasteiger partial charge in [0.1, 0.15) is 18.0 Å². The van der Waals surface area contributed by atoms with Gasteiger partial charge in [0.15, 0.2) is 11.5 Å². The number of imidazole rings is 1. The molecular weight excluding hydrogens is 392 g/mol. The average Bonchev–Trinajstić information content (AvgIpc) is 3.55. The van der Waals surface area contributed by atoms with Gasteiger partial charge in [-0.25, -0.2) is 9.67 Å². The van der Waals surface area contributed by atoms with Crippen molar-refractivity contribution in [2.24, 2.45) is 0 Å². The lowest BCUT2D eigenvalue weighted by Gasteiger charge is -2.32. The molecule has 0 bridgehead atoms. The molecule has 8 nitrogen and oxygen atoms in total. The molecule has 0 saturated carbocycles. The molecule has 2 aromatic heterocycles. The van der Waals surface area contributed by atoms with Crippen molar-refractivity contribution in [2.75, 3.05) is 19.9 Å². The molecule has 2 aliphatic rings. The van der Waals surface area contributed by atoms with Crippen LogP contribution in [-0.4, -0.2) is 49.3 Å². The number of para-hydroxylation sites is 2. The summed E-state index contributed by atoms with van der Waals surface area (Å²) >= 11 is 0. The Bertz CT molecular complexity index is 1210. The maximum Gasteiger partial charge on any atom is 0.231 e. The third kappa shape index (κ3) is 3.42. The van der Waals surface area contributed by atoms with Crippen molar-refractivity contribution in [2.45, 2.75) is 32.0 Å². The lowest BCUT2D eigenvalue weighted by Crippen LogP contribution is -2.33. The summed E-state index contributed by atoms with van der Waals surface area (Å²) in [7, 11) is 0. The molecule has 6 rings (SSSR count). The number of fused-ring (bicyclic) bond motifs is 2. The minimum absolute atomic E-state index is 0.318. The van der Waals surface area contributed by atoms with E-state index < -0.39 is 0 Å². The number of benzene rings is 2. The van der Waals surface area contributed by atoms with E-state index in [4.69, 9.17) is 14.5 Å². The highest BCUT2D eigenvalue weighted by Gasteiger charge is 2.26. The van der Waals surface area contributed by atoms with Gasteiger partial charge in [0.05, 0.1) is 5.52 Å². The van der Waals surface area contributed by atoms with E-state index in [1.807, 2.05) is 47.4 Å². The number of ether oxygens (including phenoxy) is 2. The molecule has 4 heterocycles. The van der Waals surface area contributed by atoms with Crippen LogP contribution in [0.1, 0.15) is 30.1 Å². The largest absolute Gasteiger partial charge is 0.454 e. The number of hydrogen-bond donors (Lipinski definition) is 0. The fraction of sp³-hybridized carbons (Fsp3) is 0.348. The standard InChI is InChI=1S/C23H24N6O2/c1-2-6-20-19(5-1)25-26-29(20)15-28-13-10-24-23(28)17-8-11-27(12-9-17)14-18-4-3-7-21-22(18)31-16-30-21/h1-7,10,13,17H,8-9,11-12,14-16H2. The van der Waals surface area contributed by atoms with Gasteiger partial charge in [0.2, 0.25) is 6.79 Å². The molecule has 1 fully saturated rings. The number of nitrogens with zero attached hydrogens (tertiary/aromatic N) is 6. The van der Waals surface area contributed by atoms with E-state index in [1.165, 1.54) is 5.56 Å². The first-order valence-corrected chi connectivity index (χ1v) is 10.7. The Labute approximate surface area is 180 Å². The predicted molar refractivity (Wildman–Crippen MR) is 115 cm³/mol. The summed E-state index contributed by atoms with van der Waals surface area (Å²) in [6.07, 6.45) is 6.11. The van der Waals surface area contributed by atoms with Gasteiger partial charge in [-0.15, -0.1) is 5.10 Å². The molecule has 0 spiro atoms. The van der Waals surface area contributed by atoms with E-state index in [-0.39, 0.29) is 0 Å². The minimum Gasteiger partial charge on any atom is -0.454 e. The monoisotopic (exact) mass is 416 g/mol. The number of aromatic nitrogens is 5. The topological polar surface area (TPSA) is 70.2 Å². The first-order valence-electron chi connectivity index (χ1n) is 10.7. The second kappa shape index (κ2) is 7.70. The average molecular weight is 416 g/mol. The fourth-order valence-corrected chi connectivity index (χ4v) is 4.67. The van der Waals surface area contributed by atoms with Crippen molar-refractivity contribution in [3.05, 3.63) is 66.2 Å². The van der Waals surface area contributed by atoms with E-state index in [9.17, 15) is 0 Å². The molecule has 0 atom stereocenters. The van der Waals surface area contributed by atoms with Crippen LogP contribution in [0.3, 0.4) is 0 Å². The van der Waals surface area contributed by atoms with Gasteiger partial charge in [-0.3, -0.25) is 4.90 Å². The normalized spacial score (nSPS) is 16.9. The Morgan fingerprint density at radius 1 is 1.00 bits per heavy atom. The number of rotatable bonds is 5. The van der Waals surface area contributed by atoms with E-state index in [1.54, 1.807) is 0 Å². The van der Waals surface area contributed by atoms with Crippen LogP contribution >= 0.6 is 0 Å². The first-order chi connectivity index (χ1) is 15.3. The quantitative estimate of drug-likeness (QED) is 0.497. The summed E-state index contributed by atoms with van der Waals surface area (Å²) in [5, 5.41) is 8.60. The Balaban J connectivity index is 1.13. The first kappa shape index (κ1) is 18.4. The molecule has 1 saturated heterocycles. The minimum atomic E-state index is 0.318. The molecule has 2 aromatic carbocycles. The summed E-state index contributed by atoms with van der Waals surface area (Å²) < 4.78 is 15.3.